The van der Waals surface area contributed by atoms with Gasteiger partial charge < -0.3 is 10.1 Å². The van der Waals surface area contributed by atoms with Crippen molar-refractivity contribution in [1.82, 2.24) is 5.32 Å². The zero-order chi connectivity index (χ0) is 13.5. The van der Waals surface area contributed by atoms with Gasteiger partial charge in [0.05, 0.1) is 0 Å². The number of rotatable bonds is 5. The Morgan fingerprint density at radius 1 is 1.32 bits per heavy atom. The second kappa shape index (κ2) is 7.29. The molecule has 0 bridgehead atoms. The molecule has 0 radical (unpaired) electrons. The Balaban J connectivity index is 1.71. The van der Waals surface area contributed by atoms with Gasteiger partial charge in [-0.05, 0) is 38.2 Å². The third-order valence-corrected chi connectivity index (χ3v) is 3.69. The van der Waals surface area contributed by atoms with Crippen molar-refractivity contribution in [2.45, 2.75) is 38.6 Å². The summed E-state index contributed by atoms with van der Waals surface area (Å²) in [6.45, 7) is 3.52. The predicted octanol–water partition coefficient (Wildman–Crippen LogP) is 2.55. The zero-order valence-electron chi connectivity index (χ0n) is 11.6. The van der Waals surface area contributed by atoms with Crippen molar-refractivity contribution >= 4 is 5.91 Å². The molecule has 1 fully saturated rings. The summed E-state index contributed by atoms with van der Waals surface area (Å²) >= 11 is 0. The fraction of sp³-hybridized carbons (Fsp3) is 0.562. The van der Waals surface area contributed by atoms with E-state index in [4.69, 9.17) is 4.74 Å². The van der Waals surface area contributed by atoms with Crippen LogP contribution in [-0.4, -0.2) is 25.2 Å². The molecule has 3 nitrogen and oxygen atoms in total. The van der Waals surface area contributed by atoms with E-state index in [1.165, 1.54) is 5.56 Å². The Morgan fingerprint density at radius 3 is 2.68 bits per heavy atom. The van der Waals surface area contributed by atoms with Crippen molar-refractivity contribution in [2.75, 3.05) is 13.2 Å². The van der Waals surface area contributed by atoms with Gasteiger partial charge in [-0.15, -0.1) is 0 Å². The van der Waals surface area contributed by atoms with E-state index in [-0.39, 0.29) is 17.9 Å². The quantitative estimate of drug-likeness (QED) is 0.884. The lowest BCUT2D eigenvalue weighted by Gasteiger charge is -2.23. The number of nitrogens with one attached hydrogen (secondary N) is 1. The summed E-state index contributed by atoms with van der Waals surface area (Å²) in [5.41, 5.74) is 1.33. The first-order chi connectivity index (χ1) is 9.25. The molecule has 1 heterocycles. The van der Waals surface area contributed by atoms with Crippen LogP contribution in [0.25, 0.3) is 0 Å². The van der Waals surface area contributed by atoms with Gasteiger partial charge in [-0.2, -0.15) is 0 Å². The van der Waals surface area contributed by atoms with Gasteiger partial charge in [0.25, 0.3) is 0 Å². The van der Waals surface area contributed by atoms with Crippen LogP contribution < -0.4 is 5.32 Å². The van der Waals surface area contributed by atoms with Crippen molar-refractivity contribution < 1.29 is 9.53 Å². The molecule has 1 aliphatic heterocycles. The lowest BCUT2D eigenvalue weighted by atomic mass is 9.98. The number of benzene rings is 1. The van der Waals surface area contributed by atoms with E-state index in [9.17, 15) is 4.79 Å². The summed E-state index contributed by atoms with van der Waals surface area (Å²) in [5, 5.41) is 3.13. The smallest absolute Gasteiger partial charge is 0.223 e. The maximum absolute atomic E-state index is 12.1. The van der Waals surface area contributed by atoms with Gasteiger partial charge >= 0.3 is 0 Å². The van der Waals surface area contributed by atoms with E-state index >= 15 is 0 Å². The molecular weight excluding hydrogens is 238 g/mol. The Morgan fingerprint density at radius 2 is 2.00 bits per heavy atom. The maximum Gasteiger partial charge on any atom is 0.223 e. The molecule has 0 spiro atoms. The van der Waals surface area contributed by atoms with Crippen LogP contribution in [0.15, 0.2) is 30.3 Å². The molecule has 1 aromatic rings. The van der Waals surface area contributed by atoms with Crippen molar-refractivity contribution in [3.05, 3.63) is 35.9 Å². The number of aryl methyl sites for hydroxylation is 1. The van der Waals surface area contributed by atoms with Gasteiger partial charge in [-0.25, -0.2) is 0 Å². The number of ether oxygens (including phenoxy) is 1. The number of carbonyl (C=O) groups is 1. The summed E-state index contributed by atoms with van der Waals surface area (Å²) in [4.78, 5) is 12.1. The molecule has 0 aliphatic carbocycles. The molecule has 3 heteroatoms. The molecule has 1 aliphatic rings. The highest BCUT2D eigenvalue weighted by molar-refractivity contribution is 5.78. The average Bonchev–Trinajstić information content (AvgIpc) is 2.47. The van der Waals surface area contributed by atoms with E-state index in [0.717, 1.165) is 38.9 Å². The second-order valence-electron chi connectivity index (χ2n) is 5.32. The van der Waals surface area contributed by atoms with Gasteiger partial charge in [-0.1, -0.05) is 30.3 Å². The van der Waals surface area contributed by atoms with Crippen molar-refractivity contribution in [3.63, 3.8) is 0 Å². The van der Waals surface area contributed by atoms with Crippen LogP contribution in [0, 0.1) is 5.92 Å². The van der Waals surface area contributed by atoms with E-state index in [1.54, 1.807) is 0 Å². The van der Waals surface area contributed by atoms with Crippen molar-refractivity contribution in [3.8, 4) is 0 Å². The average molecular weight is 261 g/mol. The first-order valence-corrected chi connectivity index (χ1v) is 7.18. The topological polar surface area (TPSA) is 38.3 Å². The Hall–Kier alpha value is -1.35. The van der Waals surface area contributed by atoms with Crippen LogP contribution in [0.5, 0.6) is 0 Å². The van der Waals surface area contributed by atoms with Crippen LogP contribution >= 0.6 is 0 Å². The maximum atomic E-state index is 12.1. The summed E-state index contributed by atoms with van der Waals surface area (Å²) in [7, 11) is 0. The van der Waals surface area contributed by atoms with Gasteiger partial charge in [0.1, 0.15) is 0 Å². The minimum absolute atomic E-state index is 0.146. The van der Waals surface area contributed by atoms with Crippen molar-refractivity contribution in [1.29, 1.82) is 0 Å². The number of hydrogen-bond donors (Lipinski definition) is 1. The molecule has 0 saturated carbocycles. The Kier molecular flexibility index (Phi) is 5.40. The van der Waals surface area contributed by atoms with Crippen LogP contribution in [0.1, 0.15) is 31.7 Å². The third-order valence-electron chi connectivity index (χ3n) is 3.69. The molecule has 1 atom stereocenters. The number of amides is 1. The molecule has 2 rings (SSSR count). The number of carbonyl (C=O) groups excluding carboxylic acids is 1. The summed E-state index contributed by atoms with van der Waals surface area (Å²) < 4.78 is 5.28. The highest BCUT2D eigenvalue weighted by Gasteiger charge is 2.22. The second-order valence-corrected chi connectivity index (χ2v) is 5.32. The molecule has 1 amide bonds. The third kappa shape index (κ3) is 4.67. The van der Waals surface area contributed by atoms with Crippen LogP contribution in [0.4, 0.5) is 0 Å². The zero-order valence-corrected chi connectivity index (χ0v) is 11.6. The van der Waals surface area contributed by atoms with Crippen LogP contribution in [0.2, 0.25) is 0 Å². The lowest BCUT2D eigenvalue weighted by molar-refractivity contribution is -0.128. The largest absolute Gasteiger partial charge is 0.381 e. The van der Waals surface area contributed by atoms with E-state index < -0.39 is 0 Å². The first kappa shape index (κ1) is 14.1. The summed E-state index contributed by atoms with van der Waals surface area (Å²) in [6.07, 6.45) is 3.71. The van der Waals surface area contributed by atoms with Crippen molar-refractivity contribution in [2.24, 2.45) is 5.92 Å². The molecule has 1 saturated heterocycles. The lowest BCUT2D eigenvalue weighted by Crippen LogP contribution is -2.39. The highest BCUT2D eigenvalue weighted by Crippen LogP contribution is 2.15. The fourth-order valence-electron chi connectivity index (χ4n) is 2.42. The molecule has 1 unspecified atom stereocenters. The molecule has 19 heavy (non-hydrogen) atoms. The van der Waals surface area contributed by atoms with E-state index in [1.807, 2.05) is 6.07 Å². The molecular formula is C16H23NO2. The number of hydrogen-bond acceptors (Lipinski definition) is 2. The SMILES string of the molecule is CC(CCc1ccccc1)NC(=O)C1CCOCC1. The molecule has 1 aromatic carbocycles. The van der Waals surface area contributed by atoms with Gasteiger partial charge in [0.15, 0.2) is 0 Å². The molecule has 1 N–H and O–H groups in total. The molecule has 104 valence electrons. The van der Waals surface area contributed by atoms with Gasteiger partial charge in [0.2, 0.25) is 5.91 Å². The van der Waals surface area contributed by atoms with Crippen LogP contribution in [0.3, 0.4) is 0 Å². The monoisotopic (exact) mass is 261 g/mol. The summed E-state index contributed by atoms with van der Waals surface area (Å²) in [6, 6.07) is 10.6. The standard InChI is InChI=1S/C16H23NO2/c1-13(7-8-14-5-3-2-4-6-14)17-16(18)15-9-11-19-12-10-15/h2-6,13,15H,7-12H2,1H3,(H,17,18). The van der Waals surface area contributed by atoms with E-state index in [2.05, 4.69) is 36.5 Å². The highest BCUT2D eigenvalue weighted by atomic mass is 16.5. The summed E-state index contributed by atoms with van der Waals surface area (Å²) in [5.74, 6) is 0.344. The minimum atomic E-state index is 0.146. The van der Waals surface area contributed by atoms with Gasteiger partial charge in [0, 0.05) is 25.2 Å². The van der Waals surface area contributed by atoms with E-state index in [0.29, 0.717) is 0 Å². The molecule has 0 aromatic heterocycles. The van der Waals surface area contributed by atoms with Gasteiger partial charge in [-0.3, -0.25) is 4.79 Å². The predicted molar refractivity (Wildman–Crippen MR) is 75.9 cm³/mol. The normalized spacial score (nSPS) is 17.9. The Bertz CT molecular complexity index is 385. The Labute approximate surface area is 115 Å². The van der Waals surface area contributed by atoms with Crippen LogP contribution in [-0.2, 0) is 16.0 Å². The fourth-order valence-corrected chi connectivity index (χ4v) is 2.42. The first-order valence-electron chi connectivity index (χ1n) is 7.18. The minimum Gasteiger partial charge on any atom is -0.381 e.